The summed E-state index contributed by atoms with van der Waals surface area (Å²) >= 11 is 1.79. The lowest BCUT2D eigenvalue weighted by Crippen LogP contribution is -2.38. The lowest BCUT2D eigenvalue weighted by atomic mass is 10.2. The lowest BCUT2D eigenvalue weighted by Gasteiger charge is -2.17. The van der Waals surface area contributed by atoms with Crippen molar-refractivity contribution in [2.75, 3.05) is 25.2 Å². The van der Waals surface area contributed by atoms with E-state index >= 15 is 0 Å². The first-order valence-electron chi connectivity index (χ1n) is 4.25. The van der Waals surface area contributed by atoms with Crippen LogP contribution < -0.4 is 5.32 Å². The molecule has 0 aromatic carbocycles. The second-order valence-electron chi connectivity index (χ2n) is 2.81. The molecule has 2 unspecified atom stereocenters. The summed E-state index contributed by atoms with van der Waals surface area (Å²) in [5.74, 6) is 1.05. The molecule has 0 aromatic heterocycles. The van der Waals surface area contributed by atoms with Gasteiger partial charge in [-0.2, -0.15) is 11.8 Å². The van der Waals surface area contributed by atoms with Gasteiger partial charge in [0.15, 0.2) is 0 Å². The van der Waals surface area contributed by atoms with Crippen molar-refractivity contribution in [3.8, 4) is 0 Å². The number of aliphatic hydroxyl groups excluding tert-OH is 2. The van der Waals surface area contributed by atoms with Crippen molar-refractivity contribution in [2.45, 2.75) is 25.5 Å². The first-order chi connectivity index (χ1) is 5.74. The lowest BCUT2D eigenvalue weighted by molar-refractivity contribution is 0.0924. The van der Waals surface area contributed by atoms with Crippen LogP contribution in [0.1, 0.15) is 13.3 Å². The third kappa shape index (κ3) is 5.83. The maximum atomic E-state index is 9.05. The minimum absolute atomic E-state index is 0.164. The Hall–Kier alpha value is 0.230. The van der Waals surface area contributed by atoms with E-state index in [-0.39, 0.29) is 6.61 Å². The molecule has 0 bridgehead atoms. The fraction of sp³-hybridized carbons (Fsp3) is 1.00. The summed E-state index contributed by atoms with van der Waals surface area (Å²) < 4.78 is 0. The van der Waals surface area contributed by atoms with Gasteiger partial charge in [0, 0.05) is 18.3 Å². The second kappa shape index (κ2) is 7.86. The van der Waals surface area contributed by atoms with Crippen LogP contribution in [0.15, 0.2) is 0 Å². The smallest absolute Gasteiger partial charge is 0.0895 e. The standard InChI is InChI=1S/C8H19NO2S/c1-3-7(6-12-2)9-4-8(11)5-10/h7-11H,3-6H2,1-2H3. The van der Waals surface area contributed by atoms with Crippen molar-refractivity contribution in [3.05, 3.63) is 0 Å². The number of rotatable bonds is 7. The minimum Gasteiger partial charge on any atom is -0.394 e. The van der Waals surface area contributed by atoms with E-state index in [9.17, 15) is 0 Å². The van der Waals surface area contributed by atoms with Crippen LogP contribution in [0.2, 0.25) is 0 Å². The molecule has 0 rings (SSSR count). The molecule has 0 aliphatic heterocycles. The van der Waals surface area contributed by atoms with Crippen LogP contribution in [0.3, 0.4) is 0 Å². The van der Waals surface area contributed by atoms with Gasteiger partial charge in [0.25, 0.3) is 0 Å². The number of nitrogens with one attached hydrogen (secondary N) is 1. The molecule has 4 heteroatoms. The van der Waals surface area contributed by atoms with E-state index in [4.69, 9.17) is 10.2 Å². The fourth-order valence-corrected chi connectivity index (χ4v) is 1.65. The molecule has 0 aromatic rings. The zero-order chi connectivity index (χ0) is 9.40. The molecule has 0 amide bonds. The SMILES string of the molecule is CCC(CSC)NCC(O)CO. The molecular weight excluding hydrogens is 174 g/mol. The quantitative estimate of drug-likeness (QED) is 0.535. The van der Waals surface area contributed by atoms with Crippen molar-refractivity contribution < 1.29 is 10.2 Å². The summed E-state index contributed by atoms with van der Waals surface area (Å²) in [6.45, 7) is 2.43. The Morgan fingerprint density at radius 1 is 1.50 bits per heavy atom. The van der Waals surface area contributed by atoms with Gasteiger partial charge in [0.2, 0.25) is 0 Å². The van der Waals surface area contributed by atoms with Crippen LogP contribution in [0.5, 0.6) is 0 Å². The number of hydrogen-bond acceptors (Lipinski definition) is 4. The van der Waals surface area contributed by atoms with E-state index in [0.717, 1.165) is 12.2 Å². The van der Waals surface area contributed by atoms with Crippen LogP contribution >= 0.6 is 11.8 Å². The van der Waals surface area contributed by atoms with E-state index in [2.05, 4.69) is 18.5 Å². The van der Waals surface area contributed by atoms with Gasteiger partial charge in [-0.1, -0.05) is 6.92 Å². The van der Waals surface area contributed by atoms with Crippen molar-refractivity contribution in [1.82, 2.24) is 5.32 Å². The average Bonchev–Trinajstić information content (AvgIpc) is 2.11. The van der Waals surface area contributed by atoms with Crippen molar-refractivity contribution in [1.29, 1.82) is 0 Å². The Morgan fingerprint density at radius 2 is 2.17 bits per heavy atom. The highest BCUT2D eigenvalue weighted by molar-refractivity contribution is 7.98. The highest BCUT2D eigenvalue weighted by atomic mass is 32.2. The normalized spacial score (nSPS) is 16.0. The highest BCUT2D eigenvalue weighted by Gasteiger charge is 2.07. The van der Waals surface area contributed by atoms with Crippen LogP contribution in [0, 0.1) is 0 Å². The molecule has 0 radical (unpaired) electrons. The summed E-state index contributed by atoms with van der Waals surface area (Å²) in [5.41, 5.74) is 0. The van der Waals surface area contributed by atoms with Gasteiger partial charge >= 0.3 is 0 Å². The molecule has 0 spiro atoms. The molecule has 12 heavy (non-hydrogen) atoms. The van der Waals surface area contributed by atoms with Gasteiger partial charge in [-0.15, -0.1) is 0 Å². The van der Waals surface area contributed by atoms with Gasteiger partial charge < -0.3 is 15.5 Å². The summed E-state index contributed by atoms with van der Waals surface area (Å²) in [6.07, 6.45) is 2.49. The predicted molar refractivity (Wildman–Crippen MR) is 53.6 cm³/mol. The molecule has 0 aliphatic rings. The summed E-state index contributed by atoms with van der Waals surface area (Å²) in [7, 11) is 0. The topological polar surface area (TPSA) is 52.5 Å². The summed E-state index contributed by atoms with van der Waals surface area (Å²) in [4.78, 5) is 0. The Labute approximate surface area is 78.6 Å². The van der Waals surface area contributed by atoms with Crippen LogP contribution in [0.4, 0.5) is 0 Å². The first-order valence-corrected chi connectivity index (χ1v) is 5.65. The third-order valence-electron chi connectivity index (χ3n) is 1.71. The Kier molecular flexibility index (Phi) is 8.01. The van der Waals surface area contributed by atoms with Crippen molar-refractivity contribution >= 4 is 11.8 Å². The molecule has 2 atom stereocenters. The van der Waals surface area contributed by atoms with Crippen molar-refractivity contribution in [3.63, 3.8) is 0 Å². The number of aliphatic hydroxyl groups is 2. The first kappa shape index (κ1) is 12.2. The van der Waals surface area contributed by atoms with Crippen LogP contribution in [-0.4, -0.2) is 47.5 Å². The molecule has 3 nitrogen and oxygen atoms in total. The minimum atomic E-state index is -0.624. The van der Waals surface area contributed by atoms with Gasteiger partial charge in [0.1, 0.15) is 0 Å². The van der Waals surface area contributed by atoms with E-state index in [1.165, 1.54) is 0 Å². The van der Waals surface area contributed by atoms with Crippen LogP contribution in [0.25, 0.3) is 0 Å². The molecular formula is C8H19NO2S. The van der Waals surface area contributed by atoms with E-state index < -0.39 is 6.10 Å². The van der Waals surface area contributed by atoms with Gasteiger partial charge in [0.05, 0.1) is 12.7 Å². The monoisotopic (exact) mass is 193 g/mol. The third-order valence-corrected chi connectivity index (χ3v) is 2.45. The molecule has 0 fully saturated rings. The Morgan fingerprint density at radius 3 is 2.58 bits per heavy atom. The molecule has 0 aliphatic carbocycles. The van der Waals surface area contributed by atoms with Gasteiger partial charge in [-0.25, -0.2) is 0 Å². The summed E-state index contributed by atoms with van der Waals surface area (Å²) in [5, 5.41) is 20.8. The Balaban J connectivity index is 3.43. The van der Waals surface area contributed by atoms with E-state index in [0.29, 0.717) is 12.6 Å². The summed E-state index contributed by atoms with van der Waals surface area (Å²) in [6, 6.07) is 0.446. The molecule has 0 heterocycles. The zero-order valence-corrected chi connectivity index (χ0v) is 8.60. The fourth-order valence-electron chi connectivity index (χ4n) is 0.890. The maximum Gasteiger partial charge on any atom is 0.0895 e. The predicted octanol–water partition coefficient (Wildman–Crippen LogP) is 0.0708. The van der Waals surface area contributed by atoms with Gasteiger partial charge in [-0.3, -0.25) is 0 Å². The zero-order valence-electron chi connectivity index (χ0n) is 7.79. The van der Waals surface area contributed by atoms with E-state index in [1.54, 1.807) is 11.8 Å². The maximum absolute atomic E-state index is 9.05. The Bertz CT molecular complexity index is 103. The van der Waals surface area contributed by atoms with Crippen molar-refractivity contribution in [2.24, 2.45) is 0 Å². The number of hydrogen-bond donors (Lipinski definition) is 3. The molecule has 0 saturated carbocycles. The largest absolute Gasteiger partial charge is 0.394 e. The number of thioether (sulfide) groups is 1. The molecule has 3 N–H and O–H groups in total. The average molecular weight is 193 g/mol. The van der Waals surface area contributed by atoms with E-state index in [1.807, 2.05) is 0 Å². The second-order valence-corrected chi connectivity index (χ2v) is 3.72. The van der Waals surface area contributed by atoms with Gasteiger partial charge in [-0.05, 0) is 12.7 Å². The van der Waals surface area contributed by atoms with Crippen LogP contribution in [-0.2, 0) is 0 Å². The highest BCUT2D eigenvalue weighted by Crippen LogP contribution is 2.00. The molecule has 0 saturated heterocycles. The molecule has 74 valence electrons.